The highest BCUT2D eigenvalue weighted by atomic mass is 79.9. The van der Waals surface area contributed by atoms with Gasteiger partial charge in [-0.2, -0.15) is 0 Å². The molecule has 0 radical (unpaired) electrons. The smallest absolute Gasteiger partial charge is 0.124 e. The van der Waals surface area contributed by atoms with Crippen LogP contribution in [0.2, 0.25) is 0 Å². The molecule has 0 spiro atoms. The lowest BCUT2D eigenvalue weighted by Crippen LogP contribution is -1.92. The fourth-order valence-electron chi connectivity index (χ4n) is 2.49. The number of hydrogen-bond donors (Lipinski definition) is 0. The Morgan fingerprint density at radius 3 is 2.54 bits per heavy atom. The number of rotatable bonds is 10. The molecule has 2 nitrogen and oxygen atoms in total. The van der Waals surface area contributed by atoms with Crippen LogP contribution in [-0.2, 0) is 4.74 Å². The summed E-state index contributed by atoms with van der Waals surface area (Å²) >= 11 is 5.14. The van der Waals surface area contributed by atoms with Crippen molar-refractivity contribution in [2.24, 2.45) is 0 Å². The van der Waals surface area contributed by atoms with Crippen LogP contribution in [0.1, 0.15) is 58.6 Å². The van der Waals surface area contributed by atoms with E-state index in [9.17, 15) is 0 Å². The van der Waals surface area contributed by atoms with Crippen LogP contribution in [-0.4, -0.2) is 11.6 Å². The molecule has 0 saturated carbocycles. The Labute approximate surface area is 170 Å². The number of ether oxygens (including phenoxy) is 1. The van der Waals surface area contributed by atoms with E-state index in [1.54, 1.807) is 11.3 Å². The molecule has 1 heterocycles. The van der Waals surface area contributed by atoms with E-state index < -0.39 is 0 Å². The van der Waals surface area contributed by atoms with E-state index in [1.165, 1.54) is 25.7 Å². The van der Waals surface area contributed by atoms with Gasteiger partial charge in [-0.25, -0.2) is 4.98 Å². The van der Waals surface area contributed by atoms with Crippen LogP contribution >= 0.6 is 27.3 Å². The number of nitrogens with zero attached hydrogens (tertiary/aromatic N) is 1. The minimum Gasteiger partial charge on any atom is -0.498 e. The predicted molar refractivity (Wildman–Crippen MR) is 117 cm³/mol. The van der Waals surface area contributed by atoms with Crippen molar-refractivity contribution >= 4 is 32.8 Å². The molecule has 2 rings (SSSR count). The summed E-state index contributed by atoms with van der Waals surface area (Å²) in [6, 6.07) is 8.27. The van der Waals surface area contributed by atoms with Crippen LogP contribution in [0.3, 0.4) is 0 Å². The van der Waals surface area contributed by atoms with E-state index in [-0.39, 0.29) is 0 Å². The highest BCUT2D eigenvalue weighted by Crippen LogP contribution is 2.27. The quantitative estimate of drug-likeness (QED) is 0.216. The van der Waals surface area contributed by atoms with Gasteiger partial charge in [0.2, 0.25) is 0 Å². The molecular weight excluding hydrogens is 406 g/mol. The van der Waals surface area contributed by atoms with Gasteiger partial charge in [-0.15, -0.1) is 11.3 Å². The van der Waals surface area contributed by atoms with Crippen molar-refractivity contribution in [2.75, 3.05) is 6.61 Å². The van der Waals surface area contributed by atoms with Crippen molar-refractivity contribution in [1.82, 2.24) is 4.98 Å². The Morgan fingerprint density at radius 2 is 1.81 bits per heavy atom. The SMILES string of the molecule is CCCCCCCO/C(C)=C/C=C(\C)c1csc(-c2ccc(Br)cc2)n1. The predicted octanol–water partition coefficient (Wildman–Crippen LogP) is 7.87. The van der Waals surface area contributed by atoms with Crippen molar-refractivity contribution in [3.63, 3.8) is 0 Å². The van der Waals surface area contributed by atoms with Gasteiger partial charge in [0.05, 0.1) is 18.1 Å². The molecule has 1 aromatic heterocycles. The normalized spacial score (nSPS) is 12.5. The zero-order valence-corrected chi connectivity index (χ0v) is 18.3. The third-order valence-corrected chi connectivity index (χ3v) is 5.57. The van der Waals surface area contributed by atoms with Gasteiger partial charge in [0.15, 0.2) is 0 Å². The lowest BCUT2D eigenvalue weighted by molar-refractivity contribution is 0.207. The van der Waals surface area contributed by atoms with Gasteiger partial charge in [-0.3, -0.25) is 0 Å². The molecule has 0 N–H and O–H groups in total. The van der Waals surface area contributed by atoms with E-state index in [0.29, 0.717) is 0 Å². The lowest BCUT2D eigenvalue weighted by Gasteiger charge is -2.05. The number of aromatic nitrogens is 1. The van der Waals surface area contributed by atoms with Crippen LogP contribution in [0.15, 0.2) is 52.0 Å². The van der Waals surface area contributed by atoms with E-state index in [1.807, 2.05) is 25.1 Å². The van der Waals surface area contributed by atoms with E-state index in [0.717, 1.165) is 45.1 Å². The van der Waals surface area contributed by atoms with E-state index in [4.69, 9.17) is 9.72 Å². The van der Waals surface area contributed by atoms with Crippen LogP contribution in [0.5, 0.6) is 0 Å². The molecule has 0 amide bonds. The first-order chi connectivity index (χ1) is 12.6. The Bertz CT molecular complexity index is 731. The van der Waals surface area contributed by atoms with Crippen LogP contribution < -0.4 is 0 Å². The number of hydrogen-bond acceptors (Lipinski definition) is 3. The second kappa shape index (κ2) is 11.3. The van der Waals surface area contributed by atoms with Gasteiger partial charge >= 0.3 is 0 Å². The molecule has 0 aliphatic rings. The monoisotopic (exact) mass is 433 g/mol. The zero-order chi connectivity index (χ0) is 18.8. The second-order valence-corrected chi connectivity index (χ2v) is 8.21. The second-order valence-electron chi connectivity index (χ2n) is 6.43. The summed E-state index contributed by atoms with van der Waals surface area (Å²) in [5, 5.41) is 3.16. The summed E-state index contributed by atoms with van der Waals surface area (Å²) in [5.74, 6) is 0.961. The molecule has 0 bridgehead atoms. The minimum absolute atomic E-state index is 0.809. The maximum absolute atomic E-state index is 5.79. The zero-order valence-electron chi connectivity index (χ0n) is 15.9. The first kappa shape index (κ1) is 20.9. The highest BCUT2D eigenvalue weighted by Gasteiger charge is 2.05. The summed E-state index contributed by atoms with van der Waals surface area (Å²) in [4.78, 5) is 4.76. The molecule has 140 valence electrons. The minimum atomic E-state index is 0.809. The molecule has 0 saturated heterocycles. The molecule has 0 aliphatic heterocycles. The molecule has 0 atom stereocenters. The standard InChI is InChI=1S/C22H28BrNOS/c1-4-5-6-7-8-15-25-18(3)10-9-17(2)21-16-26-22(24-21)19-11-13-20(23)14-12-19/h9-14,16H,4-8,15H2,1-3H3/b17-9+,18-10+. The summed E-state index contributed by atoms with van der Waals surface area (Å²) in [6.45, 7) is 7.16. The summed E-state index contributed by atoms with van der Waals surface area (Å²) in [6.07, 6.45) is 10.4. The van der Waals surface area contributed by atoms with Crippen LogP contribution in [0.4, 0.5) is 0 Å². The molecular formula is C22H28BrNOS. The third-order valence-electron chi connectivity index (χ3n) is 4.15. The van der Waals surface area contributed by atoms with Crippen molar-refractivity contribution < 1.29 is 4.74 Å². The Balaban J connectivity index is 1.87. The van der Waals surface area contributed by atoms with Crippen molar-refractivity contribution in [1.29, 1.82) is 0 Å². The number of benzene rings is 1. The fraction of sp³-hybridized carbons (Fsp3) is 0.409. The van der Waals surface area contributed by atoms with Crippen LogP contribution in [0.25, 0.3) is 16.1 Å². The third kappa shape index (κ3) is 7.08. The van der Waals surface area contributed by atoms with Crippen molar-refractivity contribution in [2.45, 2.75) is 52.9 Å². The topological polar surface area (TPSA) is 22.1 Å². The van der Waals surface area contributed by atoms with Gasteiger partial charge in [0, 0.05) is 15.4 Å². The Kier molecular flexibility index (Phi) is 9.13. The first-order valence-corrected chi connectivity index (χ1v) is 11.0. The van der Waals surface area contributed by atoms with E-state index in [2.05, 4.69) is 53.4 Å². The molecule has 0 aliphatic carbocycles. The van der Waals surface area contributed by atoms with Gasteiger partial charge in [-0.05, 0) is 44.1 Å². The fourth-order valence-corrected chi connectivity index (χ4v) is 3.64. The first-order valence-electron chi connectivity index (χ1n) is 9.30. The molecule has 26 heavy (non-hydrogen) atoms. The number of unbranched alkanes of at least 4 members (excludes halogenated alkanes) is 4. The molecule has 1 aromatic carbocycles. The Hall–Kier alpha value is -1.39. The van der Waals surface area contributed by atoms with Gasteiger partial charge in [0.25, 0.3) is 0 Å². The maximum Gasteiger partial charge on any atom is 0.124 e. The summed E-state index contributed by atoms with van der Waals surface area (Å²) < 4.78 is 6.87. The highest BCUT2D eigenvalue weighted by molar-refractivity contribution is 9.10. The van der Waals surface area contributed by atoms with Gasteiger partial charge < -0.3 is 4.74 Å². The number of thiazole rings is 1. The summed E-state index contributed by atoms with van der Waals surface area (Å²) in [7, 11) is 0. The largest absolute Gasteiger partial charge is 0.498 e. The van der Waals surface area contributed by atoms with Crippen LogP contribution in [0, 0.1) is 0 Å². The maximum atomic E-state index is 5.79. The number of allylic oxidation sites excluding steroid dienone is 4. The average molecular weight is 434 g/mol. The van der Waals surface area contributed by atoms with E-state index >= 15 is 0 Å². The molecule has 0 unspecified atom stereocenters. The lowest BCUT2D eigenvalue weighted by atomic mass is 10.2. The van der Waals surface area contributed by atoms with Crippen molar-refractivity contribution in [3.8, 4) is 10.6 Å². The van der Waals surface area contributed by atoms with Crippen molar-refractivity contribution in [3.05, 3.63) is 57.7 Å². The average Bonchev–Trinajstić information content (AvgIpc) is 3.13. The number of halogens is 1. The molecule has 2 aromatic rings. The Morgan fingerprint density at radius 1 is 1.08 bits per heavy atom. The molecule has 0 fully saturated rings. The summed E-state index contributed by atoms with van der Waals surface area (Å²) in [5.41, 5.74) is 3.32. The van der Waals surface area contributed by atoms with Gasteiger partial charge in [-0.1, -0.05) is 66.7 Å². The molecule has 4 heteroatoms. The van der Waals surface area contributed by atoms with Gasteiger partial charge in [0.1, 0.15) is 5.01 Å².